The average molecular weight is 536 g/mol. The third kappa shape index (κ3) is 4.51. The van der Waals surface area contributed by atoms with E-state index in [0.29, 0.717) is 29.7 Å². The van der Waals surface area contributed by atoms with Gasteiger partial charge in [0, 0.05) is 32.0 Å². The van der Waals surface area contributed by atoms with E-state index in [0.717, 1.165) is 17.5 Å². The standard InChI is InChI=1S/C29H31F2N5O3/c1-16-7-17(8-24(32)28(16)37)21-5-6-33-12-18(21)9-26-34-13-20-3-4-25(35-36(20)26)27-22(30)10-19(11-23(27)31)29(38-2)14-39-15-29/h3-6,10-13,16-17,24,28,37H,7-9,14-15,32H2,1-2H3/t16-,17+,24+,28+/m0/s1. The van der Waals surface area contributed by atoms with Crippen molar-refractivity contribution in [3.05, 3.63) is 83.1 Å². The summed E-state index contributed by atoms with van der Waals surface area (Å²) in [5, 5.41) is 14.9. The minimum absolute atomic E-state index is 0.0861. The molecule has 204 valence electrons. The van der Waals surface area contributed by atoms with E-state index in [-0.39, 0.29) is 42.3 Å². The number of benzene rings is 1. The van der Waals surface area contributed by atoms with E-state index < -0.39 is 23.3 Å². The Balaban J connectivity index is 1.34. The molecule has 1 saturated carbocycles. The number of imidazole rings is 1. The van der Waals surface area contributed by atoms with Gasteiger partial charge in [-0.15, -0.1) is 0 Å². The summed E-state index contributed by atoms with van der Waals surface area (Å²) in [6.07, 6.45) is 6.68. The van der Waals surface area contributed by atoms with Crippen molar-refractivity contribution in [1.82, 2.24) is 19.6 Å². The predicted octanol–water partition coefficient (Wildman–Crippen LogP) is 3.73. The van der Waals surface area contributed by atoms with Crippen LogP contribution < -0.4 is 5.73 Å². The molecule has 2 fully saturated rings. The van der Waals surface area contributed by atoms with Gasteiger partial charge in [0.25, 0.3) is 0 Å². The quantitative estimate of drug-likeness (QED) is 0.387. The van der Waals surface area contributed by atoms with Crippen LogP contribution in [0.15, 0.2) is 48.9 Å². The minimum atomic E-state index is -0.839. The van der Waals surface area contributed by atoms with Crippen LogP contribution in [-0.2, 0) is 21.5 Å². The fraction of sp³-hybridized carbons (Fsp3) is 0.414. The number of aromatic nitrogens is 4. The SMILES string of the molecule is COC1(c2cc(F)c(-c3ccc4cnc(Cc5cnccc5[C@H]5C[C@@H](N)[C@H](O)[C@@H](C)C5)n4n3)c(F)c2)COC1. The van der Waals surface area contributed by atoms with E-state index in [9.17, 15) is 5.11 Å². The second-order valence-electron chi connectivity index (χ2n) is 10.8. The second-order valence-corrected chi connectivity index (χ2v) is 10.8. The first kappa shape index (κ1) is 25.9. The summed E-state index contributed by atoms with van der Waals surface area (Å²) in [6.45, 7) is 2.50. The van der Waals surface area contributed by atoms with Gasteiger partial charge in [0.1, 0.15) is 23.1 Å². The molecule has 1 aliphatic heterocycles. The highest BCUT2D eigenvalue weighted by molar-refractivity contribution is 5.63. The molecule has 0 amide bonds. The van der Waals surface area contributed by atoms with Crippen LogP contribution in [0.25, 0.3) is 16.8 Å². The molecule has 1 saturated heterocycles. The summed E-state index contributed by atoms with van der Waals surface area (Å²) >= 11 is 0. The number of ether oxygens (including phenoxy) is 2. The lowest BCUT2D eigenvalue weighted by atomic mass is 9.74. The molecule has 3 N–H and O–H groups in total. The first-order valence-corrected chi connectivity index (χ1v) is 13.1. The average Bonchev–Trinajstić information content (AvgIpc) is 3.28. The predicted molar refractivity (Wildman–Crippen MR) is 140 cm³/mol. The van der Waals surface area contributed by atoms with Gasteiger partial charge in [0.05, 0.1) is 42.3 Å². The number of fused-ring (bicyclic) bond motifs is 1. The molecule has 39 heavy (non-hydrogen) atoms. The molecule has 10 heteroatoms. The van der Waals surface area contributed by atoms with Crippen LogP contribution in [0, 0.1) is 17.6 Å². The maximum atomic E-state index is 15.3. The van der Waals surface area contributed by atoms with E-state index in [1.165, 1.54) is 19.2 Å². The van der Waals surface area contributed by atoms with E-state index >= 15 is 8.78 Å². The van der Waals surface area contributed by atoms with Gasteiger partial charge in [-0.3, -0.25) is 4.98 Å². The number of aliphatic hydroxyl groups is 1. The molecular formula is C29H31F2N5O3. The van der Waals surface area contributed by atoms with E-state index in [4.69, 9.17) is 15.2 Å². The zero-order chi connectivity index (χ0) is 27.3. The Morgan fingerprint density at radius 2 is 1.92 bits per heavy atom. The molecule has 0 radical (unpaired) electrons. The van der Waals surface area contributed by atoms with Gasteiger partial charge in [-0.25, -0.2) is 18.3 Å². The monoisotopic (exact) mass is 535 g/mol. The van der Waals surface area contributed by atoms with Crippen LogP contribution >= 0.6 is 0 Å². The summed E-state index contributed by atoms with van der Waals surface area (Å²) in [4.78, 5) is 8.90. The molecule has 4 atom stereocenters. The number of nitrogens with zero attached hydrogens (tertiary/aromatic N) is 4. The first-order valence-electron chi connectivity index (χ1n) is 13.1. The Morgan fingerprint density at radius 3 is 2.59 bits per heavy atom. The lowest BCUT2D eigenvalue weighted by molar-refractivity contribution is -0.202. The number of hydrogen-bond acceptors (Lipinski definition) is 7. The Morgan fingerprint density at radius 1 is 1.15 bits per heavy atom. The number of rotatable bonds is 6. The molecule has 1 aromatic carbocycles. The fourth-order valence-electron chi connectivity index (χ4n) is 5.94. The Bertz CT molecular complexity index is 1480. The third-order valence-electron chi connectivity index (χ3n) is 8.30. The van der Waals surface area contributed by atoms with Crippen LogP contribution in [0.4, 0.5) is 8.78 Å². The van der Waals surface area contributed by atoms with Crippen molar-refractivity contribution in [3.63, 3.8) is 0 Å². The lowest BCUT2D eigenvalue weighted by Crippen LogP contribution is -2.48. The zero-order valence-corrected chi connectivity index (χ0v) is 21.8. The molecule has 4 aromatic rings. The van der Waals surface area contributed by atoms with Gasteiger partial charge in [0.15, 0.2) is 0 Å². The summed E-state index contributed by atoms with van der Waals surface area (Å²) < 4.78 is 43.0. The van der Waals surface area contributed by atoms with Crippen LogP contribution in [-0.4, -0.2) is 57.2 Å². The molecule has 6 rings (SSSR count). The van der Waals surface area contributed by atoms with E-state index in [2.05, 4.69) is 15.1 Å². The molecule has 1 aliphatic carbocycles. The number of methoxy groups -OCH3 is 1. The summed E-state index contributed by atoms with van der Waals surface area (Å²) in [5.41, 5.74) is 8.55. The molecule has 0 bridgehead atoms. The van der Waals surface area contributed by atoms with Gasteiger partial charge in [0.2, 0.25) is 0 Å². The summed E-state index contributed by atoms with van der Waals surface area (Å²) in [5.74, 6) is -0.549. The van der Waals surface area contributed by atoms with Gasteiger partial charge in [-0.05, 0) is 71.7 Å². The number of aliphatic hydroxyl groups excluding tert-OH is 1. The lowest BCUT2D eigenvalue weighted by Gasteiger charge is -2.40. The van der Waals surface area contributed by atoms with Crippen molar-refractivity contribution in [2.45, 2.75) is 49.9 Å². The normalized spacial score (nSPS) is 24.6. The smallest absolute Gasteiger partial charge is 0.139 e. The van der Waals surface area contributed by atoms with Crippen molar-refractivity contribution >= 4 is 5.52 Å². The molecule has 8 nitrogen and oxygen atoms in total. The highest BCUT2D eigenvalue weighted by Crippen LogP contribution is 2.38. The fourth-order valence-corrected chi connectivity index (χ4v) is 5.94. The maximum absolute atomic E-state index is 15.3. The van der Waals surface area contributed by atoms with Crippen molar-refractivity contribution in [3.8, 4) is 11.3 Å². The van der Waals surface area contributed by atoms with Gasteiger partial charge in [-0.1, -0.05) is 6.92 Å². The Hall–Kier alpha value is -3.31. The van der Waals surface area contributed by atoms with E-state index in [1.54, 1.807) is 29.0 Å². The molecule has 3 aromatic heterocycles. The molecule has 0 unspecified atom stereocenters. The Kier molecular flexibility index (Phi) is 6.66. The van der Waals surface area contributed by atoms with Crippen molar-refractivity contribution in [1.29, 1.82) is 0 Å². The Labute approximate surface area is 224 Å². The molecular weight excluding hydrogens is 504 g/mol. The second kappa shape index (κ2) is 10.0. The molecule has 2 aliphatic rings. The van der Waals surface area contributed by atoms with Crippen LogP contribution in [0.1, 0.15) is 48.2 Å². The maximum Gasteiger partial charge on any atom is 0.139 e. The summed E-state index contributed by atoms with van der Waals surface area (Å²) in [7, 11) is 1.50. The van der Waals surface area contributed by atoms with Crippen molar-refractivity contribution < 1.29 is 23.4 Å². The minimum Gasteiger partial charge on any atom is -0.391 e. The first-order chi connectivity index (χ1) is 18.8. The molecule has 4 heterocycles. The van der Waals surface area contributed by atoms with Crippen molar-refractivity contribution in [2.24, 2.45) is 11.7 Å². The number of pyridine rings is 1. The number of halogens is 2. The van der Waals surface area contributed by atoms with Gasteiger partial charge >= 0.3 is 0 Å². The number of hydrogen-bond donors (Lipinski definition) is 2. The highest BCUT2D eigenvalue weighted by Gasteiger charge is 2.42. The van der Waals surface area contributed by atoms with Gasteiger partial charge in [-0.2, -0.15) is 5.10 Å². The number of nitrogens with two attached hydrogens (primary N) is 1. The van der Waals surface area contributed by atoms with Crippen molar-refractivity contribution in [2.75, 3.05) is 20.3 Å². The topological polar surface area (TPSA) is 108 Å². The van der Waals surface area contributed by atoms with Crippen LogP contribution in [0.3, 0.4) is 0 Å². The molecule has 0 spiro atoms. The zero-order valence-electron chi connectivity index (χ0n) is 21.8. The van der Waals surface area contributed by atoms with E-state index in [1.807, 2.05) is 19.2 Å². The summed E-state index contributed by atoms with van der Waals surface area (Å²) in [6, 6.07) is 7.63. The van der Waals surface area contributed by atoms with Crippen LogP contribution in [0.2, 0.25) is 0 Å². The third-order valence-corrected chi connectivity index (χ3v) is 8.30. The highest BCUT2D eigenvalue weighted by atomic mass is 19.1. The van der Waals surface area contributed by atoms with Crippen LogP contribution in [0.5, 0.6) is 0 Å². The van der Waals surface area contributed by atoms with Gasteiger partial charge < -0.3 is 20.3 Å². The largest absolute Gasteiger partial charge is 0.391 e.